The first-order valence-corrected chi connectivity index (χ1v) is 8.41. The van der Waals surface area contributed by atoms with Gasteiger partial charge in [-0.25, -0.2) is 13.1 Å². The van der Waals surface area contributed by atoms with Crippen LogP contribution in [0.4, 0.5) is 0 Å². The number of hydrogen-bond acceptors (Lipinski definition) is 4. The highest BCUT2D eigenvalue weighted by molar-refractivity contribution is 7.89. The topological polar surface area (TPSA) is 75.6 Å². The molecule has 0 aliphatic carbocycles. The maximum absolute atomic E-state index is 12.1. The van der Waals surface area contributed by atoms with Gasteiger partial charge in [0.1, 0.15) is 0 Å². The maximum atomic E-state index is 12.1. The number of ether oxygens (including phenoxy) is 1. The Morgan fingerprint density at radius 1 is 1.33 bits per heavy atom. The van der Waals surface area contributed by atoms with Gasteiger partial charge in [0.05, 0.1) is 17.6 Å². The van der Waals surface area contributed by atoms with E-state index in [0.717, 1.165) is 18.4 Å². The van der Waals surface area contributed by atoms with Crippen molar-refractivity contribution >= 4 is 10.0 Å². The molecular weight excluding hydrogens is 290 g/mol. The zero-order valence-electron chi connectivity index (χ0n) is 11.7. The first-order chi connectivity index (χ1) is 10.1. The lowest BCUT2D eigenvalue weighted by atomic mass is 10.2. The molecule has 2 rings (SSSR count). The molecule has 2 N–H and O–H groups in total. The monoisotopic (exact) mass is 309 g/mol. The Kier molecular flexibility index (Phi) is 5.76. The summed E-state index contributed by atoms with van der Waals surface area (Å²) in [6.45, 7) is 1.03. The Labute approximate surface area is 125 Å². The summed E-state index contributed by atoms with van der Waals surface area (Å²) in [4.78, 5) is 0.216. The molecular formula is C15H19NO4S. The average molecular weight is 309 g/mol. The van der Waals surface area contributed by atoms with Crippen LogP contribution in [0.25, 0.3) is 0 Å². The predicted octanol–water partition coefficient (Wildman–Crippen LogP) is 0.878. The highest BCUT2D eigenvalue weighted by Crippen LogP contribution is 2.13. The molecule has 0 saturated carbocycles. The third-order valence-electron chi connectivity index (χ3n) is 3.16. The number of sulfonamides is 1. The van der Waals surface area contributed by atoms with Gasteiger partial charge >= 0.3 is 0 Å². The summed E-state index contributed by atoms with van der Waals surface area (Å²) in [5, 5.41) is 8.64. The third kappa shape index (κ3) is 4.83. The first-order valence-electron chi connectivity index (χ1n) is 6.93. The van der Waals surface area contributed by atoms with Gasteiger partial charge in [0.2, 0.25) is 10.0 Å². The van der Waals surface area contributed by atoms with Gasteiger partial charge in [-0.1, -0.05) is 11.8 Å². The molecule has 1 fully saturated rings. The zero-order valence-corrected chi connectivity index (χ0v) is 12.5. The molecule has 21 heavy (non-hydrogen) atoms. The quantitative estimate of drug-likeness (QED) is 0.792. The normalized spacial score (nSPS) is 18.2. The van der Waals surface area contributed by atoms with Crippen molar-refractivity contribution in [1.29, 1.82) is 0 Å². The van der Waals surface area contributed by atoms with E-state index in [1.165, 1.54) is 12.1 Å². The number of nitrogens with one attached hydrogen (secondary N) is 1. The maximum Gasteiger partial charge on any atom is 0.240 e. The third-order valence-corrected chi connectivity index (χ3v) is 4.60. The fraction of sp³-hybridized carbons (Fsp3) is 0.467. The van der Waals surface area contributed by atoms with E-state index in [-0.39, 0.29) is 17.6 Å². The van der Waals surface area contributed by atoms with Gasteiger partial charge in [-0.2, -0.15) is 0 Å². The minimum Gasteiger partial charge on any atom is -0.395 e. The van der Waals surface area contributed by atoms with Crippen LogP contribution < -0.4 is 4.72 Å². The molecule has 114 valence electrons. The molecule has 1 aliphatic rings. The summed E-state index contributed by atoms with van der Waals surface area (Å²) in [6, 6.07) is 6.37. The van der Waals surface area contributed by atoms with Crippen LogP contribution in [0.3, 0.4) is 0 Å². The van der Waals surface area contributed by atoms with E-state index < -0.39 is 10.0 Å². The van der Waals surface area contributed by atoms with E-state index in [1.807, 2.05) is 0 Å². The van der Waals surface area contributed by atoms with Crippen molar-refractivity contribution in [3.8, 4) is 11.8 Å². The summed E-state index contributed by atoms with van der Waals surface area (Å²) in [5.74, 6) is 5.65. The van der Waals surface area contributed by atoms with E-state index in [4.69, 9.17) is 9.84 Å². The van der Waals surface area contributed by atoms with Crippen LogP contribution >= 0.6 is 0 Å². The molecule has 1 aromatic rings. The van der Waals surface area contributed by atoms with E-state index >= 15 is 0 Å². The Hall–Kier alpha value is -1.39. The second-order valence-electron chi connectivity index (χ2n) is 4.79. The Morgan fingerprint density at radius 2 is 2.10 bits per heavy atom. The predicted molar refractivity (Wildman–Crippen MR) is 79.2 cm³/mol. The number of aliphatic hydroxyl groups excluding tert-OH is 1. The lowest BCUT2D eigenvalue weighted by molar-refractivity contribution is 0.114. The number of benzene rings is 1. The second kappa shape index (κ2) is 7.57. The van der Waals surface area contributed by atoms with Gasteiger partial charge < -0.3 is 9.84 Å². The van der Waals surface area contributed by atoms with Crippen LogP contribution in [0.2, 0.25) is 0 Å². The van der Waals surface area contributed by atoms with E-state index in [2.05, 4.69) is 16.6 Å². The van der Waals surface area contributed by atoms with Gasteiger partial charge in [0.15, 0.2) is 0 Å². The summed E-state index contributed by atoms with van der Waals surface area (Å²) in [7, 11) is -3.51. The van der Waals surface area contributed by atoms with Crippen molar-refractivity contribution in [3.05, 3.63) is 29.8 Å². The van der Waals surface area contributed by atoms with Gasteiger partial charge in [0.25, 0.3) is 0 Å². The van der Waals surface area contributed by atoms with Crippen molar-refractivity contribution in [2.24, 2.45) is 0 Å². The van der Waals surface area contributed by atoms with Gasteiger partial charge in [-0.05, 0) is 37.1 Å². The zero-order chi connectivity index (χ0) is 15.1. The summed E-state index contributed by atoms with van der Waals surface area (Å²) >= 11 is 0. The van der Waals surface area contributed by atoms with Crippen molar-refractivity contribution in [1.82, 2.24) is 4.72 Å². The van der Waals surface area contributed by atoms with E-state index in [1.54, 1.807) is 12.1 Å². The van der Waals surface area contributed by atoms with Crippen LogP contribution in [0, 0.1) is 11.8 Å². The van der Waals surface area contributed by atoms with Gasteiger partial charge in [-0.15, -0.1) is 0 Å². The highest BCUT2D eigenvalue weighted by Gasteiger charge is 2.19. The fourth-order valence-corrected chi connectivity index (χ4v) is 3.10. The van der Waals surface area contributed by atoms with E-state index in [9.17, 15) is 8.42 Å². The van der Waals surface area contributed by atoms with Crippen LogP contribution in [0.5, 0.6) is 0 Å². The molecule has 0 radical (unpaired) electrons. The van der Waals surface area contributed by atoms with Crippen molar-refractivity contribution in [3.63, 3.8) is 0 Å². The molecule has 5 nitrogen and oxygen atoms in total. The van der Waals surface area contributed by atoms with Crippen LogP contribution in [-0.4, -0.2) is 39.4 Å². The summed E-state index contributed by atoms with van der Waals surface area (Å²) in [6.07, 6.45) is 2.25. The Balaban J connectivity index is 1.98. The van der Waals surface area contributed by atoms with Crippen LogP contribution in [0.15, 0.2) is 29.2 Å². The standard InChI is InChI=1S/C15H19NO4S/c17-10-2-1-4-13-6-8-15(9-7-13)21(18,19)16-12-14-5-3-11-20-14/h6-9,14,16-17H,2-3,5,10-12H2. The lowest BCUT2D eigenvalue weighted by Crippen LogP contribution is -2.31. The van der Waals surface area contributed by atoms with Crippen LogP contribution in [-0.2, 0) is 14.8 Å². The summed E-state index contributed by atoms with van der Waals surface area (Å²) in [5.41, 5.74) is 0.724. The van der Waals surface area contributed by atoms with Crippen molar-refractivity contribution in [2.45, 2.75) is 30.3 Å². The minimum atomic E-state index is -3.51. The number of aliphatic hydroxyl groups is 1. The molecule has 1 unspecified atom stereocenters. The van der Waals surface area contributed by atoms with E-state index in [0.29, 0.717) is 19.6 Å². The van der Waals surface area contributed by atoms with Gasteiger partial charge in [0, 0.05) is 25.1 Å². The summed E-state index contributed by atoms with van der Waals surface area (Å²) < 4.78 is 32.2. The molecule has 0 spiro atoms. The molecule has 1 saturated heterocycles. The molecule has 1 aliphatic heterocycles. The van der Waals surface area contributed by atoms with Gasteiger partial charge in [-0.3, -0.25) is 0 Å². The smallest absolute Gasteiger partial charge is 0.240 e. The number of rotatable bonds is 5. The molecule has 1 atom stereocenters. The molecule has 1 heterocycles. The van der Waals surface area contributed by atoms with Crippen molar-refractivity contribution < 1.29 is 18.3 Å². The molecule has 1 aromatic carbocycles. The SMILES string of the molecule is O=S(=O)(NCC1CCCO1)c1ccc(C#CCCO)cc1. The number of hydrogen-bond donors (Lipinski definition) is 2. The fourth-order valence-electron chi connectivity index (χ4n) is 2.03. The first kappa shape index (κ1) is 16.0. The Morgan fingerprint density at radius 3 is 2.71 bits per heavy atom. The molecule has 0 aromatic heterocycles. The highest BCUT2D eigenvalue weighted by atomic mass is 32.2. The Bertz CT molecular complexity index is 607. The second-order valence-corrected chi connectivity index (χ2v) is 6.55. The lowest BCUT2D eigenvalue weighted by Gasteiger charge is -2.11. The molecule has 6 heteroatoms. The van der Waals surface area contributed by atoms with Crippen LogP contribution in [0.1, 0.15) is 24.8 Å². The molecule has 0 amide bonds. The van der Waals surface area contributed by atoms with Crippen molar-refractivity contribution in [2.75, 3.05) is 19.8 Å². The minimum absolute atomic E-state index is 0.0205. The largest absolute Gasteiger partial charge is 0.395 e. The average Bonchev–Trinajstić information content (AvgIpc) is 3.00. The molecule has 0 bridgehead atoms.